The Bertz CT molecular complexity index is 716. The molecule has 0 aliphatic rings. The van der Waals surface area contributed by atoms with Gasteiger partial charge in [0.25, 0.3) is 5.69 Å². The van der Waals surface area contributed by atoms with Gasteiger partial charge in [0.1, 0.15) is 0 Å². The number of carbonyl (C=O) groups is 1. The third-order valence-electron chi connectivity index (χ3n) is 2.67. The van der Waals surface area contributed by atoms with E-state index in [2.05, 4.69) is 0 Å². The second kappa shape index (κ2) is 5.48. The van der Waals surface area contributed by atoms with Gasteiger partial charge in [-0.2, -0.15) is 0 Å². The highest BCUT2D eigenvalue weighted by atomic mass is 35.5. The van der Waals surface area contributed by atoms with E-state index in [1.807, 2.05) is 0 Å². The second-order valence-corrected chi connectivity index (χ2v) is 4.74. The molecule has 2 aromatic carbocycles. The first kappa shape index (κ1) is 14.3. The smallest absolute Gasteiger partial charge is 0.336 e. The predicted octanol–water partition coefficient (Wildman–Crippen LogP) is 4.27. The Labute approximate surface area is 123 Å². The average molecular weight is 312 g/mol. The normalized spacial score (nSPS) is 10.3. The minimum atomic E-state index is -1.25. The fourth-order valence-electron chi connectivity index (χ4n) is 1.74. The van der Waals surface area contributed by atoms with Crippen molar-refractivity contribution in [3.8, 4) is 11.1 Å². The Balaban J connectivity index is 2.63. The van der Waals surface area contributed by atoms with Crippen molar-refractivity contribution in [2.75, 3.05) is 0 Å². The molecule has 5 nitrogen and oxygen atoms in total. The number of nitro benzene ring substituents is 1. The SMILES string of the molecule is O=C(O)c1cc([N+](=O)[O-])ccc1-c1ccc(Cl)c(Cl)c1. The lowest BCUT2D eigenvalue weighted by molar-refractivity contribution is -0.384. The van der Waals surface area contributed by atoms with Gasteiger partial charge in [0.05, 0.1) is 20.5 Å². The number of rotatable bonds is 3. The highest BCUT2D eigenvalue weighted by Gasteiger charge is 2.17. The zero-order valence-corrected chi connectivity index (χ0v) is 11.4. The van der Waals surface area contributed by atoms with Gasteiger partial charge in [-0.05, 0) is 29.3 Å². The van der Waals surface area contributed by atoms with Crippen molar-refractivity contribution >= 4 is 34.9 Å². The largest absolute Gasteiger partial charge is 0.478 e. The van der Waals surface area contributed by atoms with Crippen molar-refractivity contribution < 1.29 is 14.8 Å². The van der Waals surface area contributed by atoms with Gasteiger partial charge in [0.2, 0.25) is 0 Å². The maximum Gasteiger partial charge on any atom is 0.336 e. The molecule has 0 aromatic heterocycles. The summed E-state index contributed by atoms with van der Waals surface area (Å²) in [5.41, 5.74) is 0.400. The van der Waals surface area contributed by atoms with Crippen LogP contribution < -0.4 is 0 Å². The summed E-state index contributed by atoms with van der Waals surface area (Å²) < 4.78 is 0. The number of nitrogens with zero attached hydrogens (tertiary/aromatic N) is 1. The zero-order valence-electron chi connectivity index (χ0n) is 9.84. The van der Waals surface area contributed by atoms with Crippen LogP contribution in [0.2, 0.25) is 10.0 Å². The van der Waals surface area contributed by atoms with Gasteiger partial charge in [0, 0.05) is 12.1 Å². The molecule has 0 spiro atoms. The van der Waals surface area contributed by atoms with E-state index in [-0.39, 0.29) is 16.3 Å². The summed E-state index contributed by atoms with van der Waals surface area (Å²) in [7, 11) is 0. The van der Waals surface area contributed by atoms with E-state index in [9.17, 15) is 20.0 Å². The molecule has 0 saturated heterocycles. The van der Waals surface area contributed by atoms with E-state index in [4.69, 9.17) is 23.2 Å². The summed E-state index contributed by atoms with van der Waals surface area (Å²) in [6, 6.07) is 8.27. The monoisotopic (exact) mass is 311 g/mol. The van der Waals surface area contributed by atoms with E-state index >= 15 is 0 Å². The molecule has 0 radical (unpaired) electrons. The van der Waals surface area contributed by atoms with Gasteiger partial charge in [0.15, 0.2) is 0 Å². The number of hydrogen-bond donors (Lipinski definition) is 1. The van der Waals surface area contributed by atoms with Crippen LogP contribution in [0.3, 0.4) is 0 Å². The first-order valence-corrected chi connectivity index (χ1v) is 6.13. The summed E-state index contributed by atoms with van der Waals surface area (Å²) in [5.74, 6) is -1.25. The number of benzene rings is 2. The standard InChI is InChI=1S/C13H7Cl2NO4/c14-11-4-1-7(5-12(11)15)9-3-2-8(16(19)20)6-10(9)13(17)18/h1-6H,(H,17,18). The summed E-state index contributed by atoms with van der Waals surface area (Å²) in [5, 5.41) is 20.5. The van der Waals surface area contributed by atoms with Crippen LogP contribution in [0.1, 0.15) is 10.4 Å². The average Bonchev–Trinajstić information content (AvgIpc) is 2.41. The molecule has 20 heavy (non-hydrogen) atoms. The Kier molecular flexibility index (Phi) is 3.92. The first-order chi connectivity index (χ1) is 9.40. The predicted molar refractivity (Wildman–Crippen MR) is 75.5 cm³/mol. The maximum atomic E-state index is 11.2. The molecular formula is C13H7Cl2NO4. The van der Waals surface area contributed by atoms with Crippen molar-refractivity contribution in [2.24, 2.45) is 0 Å². The molecule has 0 fully saturated rings. The first-order valence-electron chi connectivity index (χ1n) is 5.37. The second-order valence-electron chi connectivity index (χ2n) is 3.92. The number of carboxylic acids is 1. The molecule has 0 aliphatic heterocycles. The minimum Gasteiger partial charge on any atom is -0.478 e. The van der Waals surface area contributed by atoms with Crippen molar-refractivity contribution in [2.45, 2.75) is 0 Å². The molecule has 0 unspecified atom stereocenters. The van der Waals surface area contributed by atoms with Crippen LogP contribution in [0.15, 0.2) is 36.4 Å². The molecule has 1 N–H and O–H groups in total. The fraction of sp³-hybridized carbons (Fsp3) is 0. The van der Waals surface area contributed by atoms with Crippen LogP contribution >= 0.6 is 23.2 Å². The lowest BCUT2D eigenvalue weighted by Crippen LogP contribution is -2.01. The van der Waals surface area contributed by atoms with Crippen LogP contribution in [0.4, 0.5) is 5.69 Å². The molecule has 0 saturated carbocycles. The van der Waals surface area contributed by atoms with Crippen molar-refractivity contribution in [3.05, 3.63) is 62.1 Å². The molecule has 2 rings (SSSR count). The van der Waals surface area contributed by atoms with Gasteiger partial charge in [-0.15, -0.1) is 0 Å². The Morgan fingerprint density at radius 1 is 1.10 bits per heavy atom. The number of carboxylic acid groups (broad SMARTS) is 1. The van der Waals surface area contributed by atoms with Crippen LogP contribution in [0, 0.1) is 10.1 Å². The number of nitro groups is 1. The van der Waals surface area contributed by atoms with Crippen LogP contribution in [0.5, 0.6) is 0 Å². The summed E-state index contributed by atoms with van der Waals surface area (Å²) in [6.07, 6.45) is 0. The van der Waals surface area contributed by atoms with Crippen LogP contribution in [-0.2, 0) is 0 Å². The molecule has 0 heterocycles. The van der Waals surface area contributed by atoms with Crippen molar-refractivity contribution in [1.82, 2.24) is 0 Å². The maximum absolute atomic E-state index is 11.2. The molecule has 0 aliphatic carbocycles. The van der Waals surface area contributed by atoms with E-state index < -0.39 is 10.9 Å². The van der Waals surface area contributed by atoms with E-state index in [1.165, 1.54) is 24.3 Å². The topological polar surface area (TPSA) is 80.4 Å². The lowest BCUT2D eigenvalue weighted by atomic mass is 9.99. The Hall–Kier alpha value is -2.11. The molecule has 0 bridgehead atoms. The molecule has 102 valence electrons. The quantitative estimate of drug-likeness (QED) is 0.678. The van der Waals surface area contributed by atoms with E-state index in [1.54, 1.807) is 6.07 Å². The number of hydrogen-bond acceptors (Lipinski definition) is 3. The minimum absolute atomic E-state index is 0.169. The number of halogens is 2. The third-order valence-corrected chi connectivity index (χ3v) is 3.41. The fourth-order valence-corrected chi connectivity index (χ4v) is 2.04. The van der Waals surface area contributed by atoms with Crippen molar-refractivity contribution in [3.63, 3.8) is 0 Å². The van der Waals surface area contributed by atoms with Crippen LogP contribution in [0.25, 0.3) is 11.1 Å². The number of aromatic carboxylic acids is 1. The van der Waals surface area contributed by atoms with Gasteiger partial charge >= 0.3 is 5.97 Å². The van der Waals surface area contributed by atoms with E-state index in [0.717, 1.165) is 6.07 Å². The van der Waals surface area contributed by atoms with Gasteiger partial charge in [-0.3, -0.25) is 10.1 Å². The zero-order chi connectivity index (χ0) is 14.9. The molecular weight excluding hydrogens is 305 g/mol. The Morgan fingerprint density at radius 2 is 1.80 bits per heavy atom. The summed E-state index contributed by atoms with van der Waals surface area (Å²) in [6.45, 7) is 0. The van der Waals surface area contributed by atoms with Gasteiger partial charge in [-0.1, -0.05) is 29.3 Å². The summed E-state index contributed by atoms with van der Waals surface area (Å²) >= 11 is 11.7. The lowest BCUT2D eigenvalue weighted by Gasteiger charge is -2.07. The third kappa shape index (κ3) is 2.74. The van der Waals surface area contributed by atoms with Crippen molar-refractivity contribution in [1.29, 1.82) is 0 Å². The van der Waals surface area contributed by atoms with Crippen LogP contribution in [-0.4, -0.2) is 16.0 Å². The molecule has 7 heteroatoms. The molecule has 0 atom stereocenters. The van der Waals surface area contributed by atoms with E-state index in [0.29, 0.717) is 16.1 Å². The molecule has 0 amide bonds. The highest BCUT2D eigenvalue weighted by molar-refractivity contribution is 6.42. The highest BCUT2D eigenvalue weighted by Crippen LogP contribution is 2.32. The molecule has 2 aromatic rings. The van der Waals surface area contributed by atoms with Gasteiger partial charge in [-0.25, -0.2) is 4.79 Å². The Morgan fingerprint density at radius 3 is 2.35 bits per heavy atom. The van der Waals surface area contributed by atoms with Gasteiger partial charge < -0.3 is 5.11 Å². The summed E-state index contributed by atoms with van der Waals surface area (Å²) in [4.78, 5) is 21.3. The number of non-ortho nitro benzene ring substituents is 1.